The Bertz CT molecular complexity index is 1020. The molecule has 2 aromatic carbocycles. The highest BCUT2D eigenvalue weighted by Gasteiger charge is 2.46. The van der Waals surface area contributed by atoms with E-state index >= 15 is 0 Å². The number of likely N-dealkylation sites (tertiary alicyclic amines) is 1. The molecule has 4 atom stereocenters. The lowest BCUT2D eigenvalue weighted by atomic mass is 9.87. The SMILES string of the molecule is CN[C@@H](CC(C)(C)C)C(=O)N1C[C@H]2CC[C@H](NC(=O)C(c3ccc(F)cc3)c3ccc(F)cc3)[C@H]2C1. The number of halogens is 2. The van der Waals surface area contributed by atoms with Crippen LogP contribution in [0.4, 0.5) is 8.78 Å². The van der Waals surface area contributed by atoms with Crippen molar-refractivity contribution in [2.45, 2.75) is 58.0 Å². The second-order valence-electron chi connectivity index (χ2n) is 11.5. The van der Waals surface area contributed by atoms with Gasteiger partial charge in [-0.2, -0.15) is 0 Å². The summed E-state index contributed by atoms with van der Waals surface area (Å²) in [6.07, 6.45) is 2.58. The molecule has 2 N–H and O–H groups in total. The Morgan fingerprint density at radius 1 is 0.944 bits per heavy atom. The van der Waals surface area contributed by atoms with Gasteiger partial charge in [0.15, 0.2) is 0 Å². The van der Waals surface area contributed by atoms with Gasteiger partial charge in [0.25, 0.3) is 0 Å². The van der Waals surface area contributed by atoms with Crippen LogP contribution in [0.15, 0.2) is 48.5 Å². The van der Waals surface area contributed by atoms with Crippen molar-refractivity contribution < 1.29 is 18.4 Å². The molecule has 36 heavy (non-hydrogen) atoms. The first-order chi connectivity index (χ1) is 17.1. The minimum absolute atomic E-state index is 0.0329. The van der Waals surface area contributed by atoms with Gasteiger partial charge in [-0.3, -0.25) is 9.59 Å². The average molecular weight is 498 g/mol. The summed E-state index contributed by atoms with van der Waals surface area (Å²) in [6.45, 7) is 7.75. The molecule has 5 nitrogen and oxygen atoms in total. The van der Waals surface area contributed by atoms with Crippen molar-refractivity contribution in [3.8, 4) is 0 Å². The summed E-state index contributed by atoms with van der Waals surface area (Å²) in [4.78, 5) is 28.8. The number of nitrogens with one attached hydrogen (secondary N) is 2. The van der Waals surface area contributed by atoms with E-state index in [4.69, 9.17) is 0 Å². The number of rotatable bonds is 7. The third-order valence-corrected chi connectivity index (χ3v) is 7.63. The zero-order chi connectivity index (χ0) is 26.0. The van der Waals surface area contributed by atoms with Crippen molar-refractivity contribution in [1.29, 1.82) is 0 Å². The number of carbonyl (C=O) groups is 2. The molecule has 2 amide bonds. The van der Waals surface area contributed by atoms with E-state index in [1.54, 1.807) is 24.3 Å². The normalized spacial score (nSPS) is 22.5. The second kappa shape index (κ2) is 10.7. The molecule has 0 spiro atoms. The number of carbonyl (C=O) groups excluding carboxylic acids is 2. The molecule has 0 bridgehead atoms. The molecule has 1 aliphatic carbocycles. The Hall–Kier alpha value is -2.80. The van der Waals surface area contributed by atoms with Crippen molar-refractivity contribution in [1.82, 2.24) is 15.5 Å². The van der Waals surface area contributed by atoms with Gasteiger partial charge in [-0.25, -0.2) is 8.78 Å². The molecule has 2 fully saturated rings. The summed E-state index contributed by atoms with van der Waals surface area (Å²) in [5.41, 5.74) is 1.33. The summed E-state index contributed by atoms with van der Waals surface area (Å²) >= 11 is 0. The maximum Gasteiger partial charge on any atom is 0.239 e. The highest BCUT2D eigenvalue weighted by molar-refractivity contribution is 5.87. The summed E-state index contributed by atoms with van der Waals surface area (Å²) < 4.78 is 27.1. The van der Waals surface area contributed by atoms with E-state index in [-0.39, 0.29) is 46.9 Å². The first kappa shape index (κ1) is 26.3. The van der Waals surface area contributed by atoms with E-state index in [1.165, 1.54) is 24.3 Å². The summed E-state index contributed by atoms with van der Waals surface area (Å²) in [6, 6.07) is 11.5. The highest BCUT2D eigenvalue weighted by Crippen LogP contribution is 2.39. The number of amides is 2. The van der Waals surface area contributed by atoms with E-state index in [9.17, 15) is 18.4 Å². The molecular formula is C29H37F2N3O2. The molecule has 1 aliphatic heterocycles. The fourth-order valence-electron chi connectivity index (χ4n) is 5.84. The quantitative estimate of drug-likeness (QED) is 0.593. The van der Waals surface area contributed by atoms with Gasteiger partial charge >= 0.3 is 0 Å². The van der Waals surface area contributed by atoms with Gasteiger partial charge in [-0.1, -0.05) is 45.0 Å². The fraction of sp³-hybridized carbons (Fsp3) is 0.517. The van der Waals surface area contributed by atoms with E-state index in [2.05, 4.69) is 31.4 Å². The van der Waals surface area contributed by atoms with E-state index in [0.29, 0.717) is 23.6 Å². The number of fused-ring (bicyclic) bond motifs is 1. The number of benzene rings is 2. The third-order valence-electron chi connectivity index (χ3n) is 7.63. The van der Waals surface area contributed by atoms with Crippen LogP contribution in [-0.2, 0) is 9.59 Å². The number of nitrogens with zero attached hydrogens (tertiary/aromatic N) is 1. The van der Waals surface area contributed by atoms with Gasteiger partial charge in [-0.15, -0.1) is 0 Å². The van der Waals surface area contributed by atoms with Crippen LogP contribution in [0.2, 0.25) is 0 Å². The smallest absolute Gasteiger partial charge is 0.239 e. The fourth-order valence-corrected chi connectivity index (χ4v) is 5.84. The van der Waals surface area contributed by atoms with Gasteiger partial charge in [0, 0.05) is 25.0 Å². The van der Waals surface area contributed by atoms with Gasteiger partial charge < -0.3 is 15.5 Å². The number of likely N-dealkylation sites (N-methyl/N-ethyl adjacent to an activating group) is 1. The lowest BCUT2D eigenvalue weighted by molar-refractivity contribution is -0.133. The van der Waals surface area contributed by atoms with Gasteiger partial charge in [0.05, 0.1) is 12.0 Å². The van der Waals surface area contributed by atoms with Crippen LogP contribution in [0.5, 0.6) is 0 Å². The summed E-state index contributed by atoms with van der Waals surface area (Å²) in [5, 5.41) is 6.43. The maximum absolute atomic E-state index is 13.6. The van der Waals surface area contributed by atoms with Crippen molar-refractivity contribution in [3.63, 3.8) is 0 Å². The van der Waals surface area contributed by atoms with Crippen LogP contribution in [0.1, 0.15) is 57.1 Å². The van der Waals surface area contributed by atoms with Crippen molar-refractivity contribution in [2.75, 3.05) is 20.1 Å². The van der Waals surface area contributed by atoms with E-state index in [0.717, 1.165) is 25.8 Å². The third kappa shape index (κ3) is 5.94. The molecule has 0 aromatic heterocycles. The van der Waals surface area contributed by atoms with Gasteiger partial charge in [0.2, 0.25) is 11.8 Å². The minimum atomic E-state index is -0.676. The minimum Gasteiger partial charge on any atom is -0.352 e. The molecule has 2 aliphatic rings. The van der Waals surface area contributed by atoms with Crippen LogP contribution in [0, 0.1) is 28.9 Å². The highest BCUT2D eigenvalue weighted by atomic mass is 19.1. The molecule has 0 unspecified atom stereocenters. The van der Waals surface area contributed by atoms with Gasteiger partial charge in [0.1, 0.15) is 11.6 Å². The molecule has 0 radical (unpaired) electrons. The molecule has 1 heterocycles. The zero-order valence-electron chi connectivity index (χ0n) is 21.6. The predicted octanol–water partition coefficient (Wildman–Crippen LogP) is 4.47. The Balaban J connectivity index is 1.48. The zero-order valence-corrected chi connectivity index (χ0v) is 21.6. The van der Waals surface area contributed by atoms with Crippen LogP contribution in [0.25, 0.3) is 0 Å². The van der Waals surface area contributed by atoms with Crippen LogP contribution >= 0.6 is 0 Å². The molecule has 1 saturated heterocycles. The lowest BCUT2D eigenvalue weighted by Gasteiger charge is -2.29. The van der Waals surface area contributed by atoms with E-state index < -0.39 is 5.92 Å². The van der Waals surface area contributed by atoms with Crippen molar-refractivity contribution in [2.24, 2.45) is 17.3 Å². The standard InChI is InChI=1S/C29H37F2N3O2/c1-29(2,3)15-25(32-4)28(36)34-16-20-9-14-24(23(20)17-34)33-27(35)26(18-5-10-21(30)11-6-18)19-7-12-22(31)13-8-19/h5-8,10-13,20,23-26,32H,9,14-17H2,1-4H3,(H,33,35)/t20-,23+,24+,25+/m1/s1. The first-order valence-electron chi connectivity index (χ1n) is 12.8. The van der Waals surface area contributed by atoms with Crippen molar-refractivity contribution in [3.05, 3.63) is 71.3 Å². The van der Waals surface area contributed by atoms with Crippen LogP contribution in [0.3, 0.4) is 0 Å². The van der Waals surface area contributed by atoms with E-state index in [1.807, 2.05) is 11.9 Å². The maximum atomic E-state index is 13.6. The first-order valence-corrected chi connectivity index (χ1v) is 12.8. The van der Waals surface area contributed by atoms with Gasteiger partial charge in [-0.05, 0) is 73.0 Å². The van der Waals surface area contributed by atoms with Crippen LogP contribution < -0.4 is 10.6 Å². The second-order valence-corrected chi connectivity index (χ2v) is 11.5. The number of hydrogen-bond donors (Lipinski definition) is 2. The Labute approximate surface area is 212 Å². The Kier molecular flexibility index (Phi) is 7.79. The summed E-state index contributed by atoms with van der Waals surface area (Å²) in [7, 11) is 1.83. The Morgan fingerprint density at radius 2 is 1.50 bits per heavy atom. The molecular weight excluding hydrogens is 460 g/mol. The molecule has 4 rings (SSSR count). The van der Waals surface area contributed by atoms with Crippen molar-refractivity contribution >= 4 is 11.8 Å². The summed E-state index contributed by atoms with van der Waals surface area (Å²) in [5.74, 6) is -0.930. The molecule has 2 aromatic rings. The topological polar surface area (TPSA) is 61.4 Å². The number of hydrogen-bond acceptors (Lipinski definition) is 3. The largest absolute Gasteiger partial charge is 0.352 e. The Morgan fingerprint density at radius 3 is 2.00 bits per heavy atom. The average Bonchev–Trinajstić information content (AvgIpc) is 3.41. The predicted molar refractivity (Wildman–Crippen MR) is 136 cm³/mol. The molecule has 7 heteroatoms. The lowest BCUT2D eigenvalue weighted by Crippen LogP contribution is -2.47. The molecule has 1 saturated carbocycles. The van der Waals surface area contributed by atoms with Crippen LogP contribution in [-0.4, -0.2) is 48.9 Å². The monoisotopic (exact) mass is 497 g/mol. The molecule has 194 valence electrons.